The number of hydrogen-bond donors (Lipinski definition) is 2. The Morgan fingerprint density at radius 3 is 2.61 bits per heavy atom. The van der Waals surface area contributed by atoms with Crippen molar-refractivity contribution in [3.05, 3.63) is 47.5 Å². The van der Waals surface area contributed by atoms with E-state index in [1.165, 1.54) is 31.4 Å². The molecule has 1 amide bonds. The first kappa shape index (κ1) is 20.8. The van der Waals surface area contributed by atoms with Gasteiger partial charge in [0.2, 0.25) is 0 Å². The standard InChI is InChI=1S/C21H27FN4O.ClH/c22-16-5-4-8-18(13-16)26-20(15-9-11-23-12-10-15)19(14-24-26)21(27)25-17-6-2-1-3-7-17;/h4-5,8,13-15,17,23H,1-3,6-7,9-12H2,(H,25,27);1H. The van der Waals surface area contributed by atoms with Crippen molar-refractivity contribution in [1.29, 1.82) is 0 Å². The lowest BCUT2D eigenvalue weighted by Gasteiger charge is -2.26. The Morgan fingerprint density at radius 1 is 1.14 bits per heavy atom. The molecule has 0 atom stereocenters. The molecule has 1 aromatic heterocycles. The molecule has 1 aromatic carbocycles. The van der Waals surface area contributed by atoms with E-state index < -0.39 is 0 Å². The first-order valence-electron chi connectivity index (χ1n) is 10.1. The summed E-state index contributed by atoms with van der Waals surface area (Å²) < 4.78 is 15.5. The summed E-state index contributed by atoms with van der Waals surface area (Å²) >= 11 is 0. The van der Waals surface area contributed by atoms with Crippen LogP contribution in [0.4, 0.5) is 4.39 Å². The average molecular weight is 407 g/mol. The molecule has 4 rings (SSSR count). The smallest absolute Gasteiger partial charge is 0.255 e. The summed E-state index contributed by atoms with van der Waals surface area (Å²) in [6.07, 6.45) is 9.25. The maximum absolute atomic E-state index is 13.8. The van der Waals surface area contributed by atoms with Gasteiger partial charge in [0, 0.05) is 12.0 Å². The van der Waals surface area contributed by atoms with Crippen LogP contribution in [0.15, 0.2) is 30.5 Å². The molecule has 152 valence electrons. The number of hydrogen-bond acceptors (Lipinski definition) is 3. The first-order chi connectivity index (χ1) is 13.2. The average Bonchev–Trinajstić information content (AvgIpc) is 3.15. The van der Waals surface area contributed by atoms with E-state index in [0.717, 1.165) is 44.5 Å². The van der Waals surface area contributed by atoms with E-state index >= 15 is 0 Å². The molecule has 2 heterocycles. The summed E-state index contributed by atoms with van der Waals surface area (Å²) in [4.78, 5) is 13.0. The molecule has 2 fully saturated rings. The number of nitrogens with zero attached hydrogens (tertiary/aromatic N) is 2. The van der Waals surface area contributed by atoms with Crippen molar-refractivity contribution < 1.29 is 9.18 Å². The highest BCUT2D eigenvalue weighted by Gasteiger charge is 2.28. The number of carbonyl (C=O) groups is 1. The third-order valence-electron chi connectivity index (χ3n) is 5.77. The fraction of sp³-hybridized carbons (Fsp3) is 0.524. The Bertz CT molecular complexity index is 797. The third kappa shape index (κ3) is 4.55. The molecule has 5 nitrogen and oxygen atoms in total. The van der Waals surface area contributed by atoms with Crippen LogP contribution in [-0.2, 0) is 0 Å². The molecule has 1 aliphatic heterocycles. The number of carbonyl (C=O) groups excluding carboxylic acids is 1. The second-order valence-electron chi connectivity index (χ2n) is 7.67. The van der Waals surface area contributed by atoms with Crippen molar-refractivity contribution in [2.24, 2.45) is 0 Å². The highest BCUT2D eigenvalue weighted by molar-refractivity contribution is 5.95. The van der Waals surface area contributed by atoms with Gasteiger partial charge in [0.1, 0.15) is 5.82 Å². The van der Waals surface area contributed by atoms with E-state index in [0.29, 0.717) is 11.3 Å². The van der Waals surface area contributed by atoms with Crippen molar-refractivity contribution in [2.45, 2.75) is 56.9 Å². The van der Waals surface area contributed by atoms with Gasteiger partial charge in [0.15, 0.2) is 0 Å². The van der Waals surface area contributed by atoms with E-state index in [-0.39, 0.29) is 36.1 Å². The number of benzene rings is 1. The Morgan fingerprint density at radius 2 is 1.89 bits per heavy atom. The van der Waals surface area contributed by atoms with E-state index in [9.17, 15) is 9.18 Å². The van der Waals surface area contributed by atoms with Crippen LogP contribution < -0.4 is 10.6 Å². The summed E-state index contributed by atoms with van der Waals surface area (Å²) in [7, 11) is 0. The lowest BCUT2D eigenvalue weighted by Crippen LogP contribution is -2.37. The molecule has 1 saturated heterocycles. The van der Waals surface area contributed by atoms with Crippen molar-refractivity contribution in [3.8, 4) is 5.69 Å². The minimum absolute atomic E-state index is 0. The Labute approximate surface area is 171 Å². The van der Waals surface area contributed by atoms with Gasteiger partial charge >= 0.3 is 0 Å². The van der Waals surface area contributed by atoms with Crippen LogP contribution in [0.3, 0.4) is 0 Å². The van der Waals surface area contributed by atoms with Crippen LogP contribution in [0.25, 0.3) is 5.69 Å². The number of aromatic nitrogens is 2. The molecule has 1 saturated carbocycles. The normalized spacial score (nSPS) is 18.5. The molecule has 1 aliphatic carbocycles. The Hall–Kier alpha value is -1.92. The molecule has 2 aliphatic rings. The molecule has 0 unspecified atom stereocenters. The summed E-state index contributed by atoms with van der Waals surface area (Å²) in [6.45, 7) is 1.84. The number of nitrogens with one attached hydrogen (secondary N) is 2. The molecule has 0 bridgehead atoms. The predicted octanol–water partition coefficient (Wildman–Crippen LogP) is 3.96. The third-order valence-corrected chi connectivity index (χ3v) is 5.77. The van der Waals surface area contributed by atoms with Crippen LogP contribution in [0.1, 0.15) is 66.9 Å². The Balaban J connectivity index is 0.00000225. The second kappa shape index (κ2) is 9.52. The van der Waals surface area contributed by atoms with Crippen LogP contribution >= 0.6 is 12.4 Å². The molecule has 28 heavy (non-hydrogen) atoms. The van der Waals surface area contributed by atoms with Gasteiger partial charge in [-0.1, -0.05) is 25.3 Å². The predicted molar refractivity (Wildman–Crippen MR) is 110 cm³/mol. The quantitative estimate of drug-likeness (QED) is 0.807. The van der Waals surface area contributed by atoms with E-state index in [1.54, 1.807) is 16.9 Å². The number of rotatable bonds is 4. The van der Waals surface area contributed by atoms with Gasteiger partial charge in [-0.3, -0.25) is 4.79 Å². The molecular formula is C21H28ClFN4O. The van der Waals surface area contributed by atoms with E-state index in [1.807, 2.05) is 6.07 Å². The second-order valence-corrected chi connectivity index (χ2v) is 7.67. The zero-order valence-corrected chi connectivity index (χ0v) is 16.8. The fourth-order valence-electron chi connectivity index (χ4n) is 4.34. The number of halogens is 2. The van der Waals surface area contributed by atoms with E-state index in [2.05, 4.69) is 15.7 Å². The number of piperidine rings is 1. The maximum Gasteiger partial charge on any atom is 0.255 e. The molecule has 0 radical (unpaired) electrons. The van der Waals surface area contributed by atoms with Crippen molar-refractivity contribution >= 4 is 18.3 Å². The maximum atomic E-state index is 13.8. The summed E-state index contributed by atoms with van der Waals surface area (Å²) in [5.41, 5.74) is 2.22. The fourth-order valence-corrected chi connectivity index (χ4v) is 4.34. The first-order valence-corrected chi connectivity index (χ1v) is 10.1. The summed E-state index contributed by atoms with van der Waals surface area (Å²) in [5, 5.41) is 11.1. The number of amides is 1. The van der Waals surface area contributed by atoms with Gasteiger partial charge in [-0.2, -0.15) is 5.10 Å². The van der Waals surface area contributed by atoms with Crippen molar-refractivity contribution in [1.82, 2.24) is 20.4 Å². The molecule has 7 heteroatoms. The topological polar surface area (TPSA) is 59.0 Å². The minimum Gasteiger partial charge on any atom is -0.349 e. The van der Waals surface area contributed by atoms with Crippen LogP contribution in [0, 0.1) is 5.82 Å². The van der Waals surface area contributed by atoms with Gasteiger partial charge in [0.05, 0.1) is 23.1 Å². The van der Waals surface area contributed by atoms with Gasteiger partial charge < -0.3 is 10.6 Å². The van der Waals surface area contributed by atoms with Crippen LogP contribution in [0.2, 0.25) is 0 Å². The van der Waals surface area contributed by atoms with Gasteiger partial charge in [-0.15, -0.1) is 12.4 Å². The zero-order valence-electron chi connectivity index (χ0n) is 16.0. The highest BCUT2D eigenvalue weighted by Crippen LogP contribution is 2.30. The molecule has 2 aromatic rings. The highest BCUT2D eigenvalue weighted by atomic mass is 35.5. The van der Waals surface area contributed by atoms with Gasteiger partial charge in [-0.25, -0.2) is 9.07 Å². The molecule has 0 spiro atoms. The Kier molecular flexibility index (Phi) is 7.08. The zero-order chi connectivity index (χ0) is 18.6. The monoisotopic (exact) mass is 406 g/mol. The van der Waals surface area contributed by atoms with Crippen LogP contribution in [-0.4, -0.2) is 34.8 Å². The minimum atomic E-state index is -0.299. The lowest BCUT2D eigenvalue weighted by atomic mass is 9.91. The van der Waals surface area contributed by atoms with E-state index in [4.69, 9.17) is 0 Å². The summed E-state index contributed by atoms with van der Waals surface area (Å²) in [6, 6.07) is 6.67. The van der Waals surface area contributed by atoms with Crippen molar-refractivity contribution in [2.75, 3.05) is 13.1 Å². The molecular weight excluding hydrogens is 379 g/mol. The SMILES string of the molecule is Cl.O=C(NC1CCCCC1)c1cnn(-c2cccc(F)c2)c1C1CCNCC1. The van der Waals surface area contributed by atoms with Gasteiger partial charge in [0.25, 0.3) is 5.91 Å². The summed E-state index contributed by atoms with van der Waals surface area (Å²) in [5.74, 6) is -0.102. The lowest BCUT2D eigenvalue weighted by molar-refractivity contribution is 0.0926. The van der Waals surface area contributed by atoms with Crippen molar-refractivity contribution in [3.63, 3.8) is 0 Å². The van der Waals surface area contributed by atoms with Gasteiger partial charge in [-0.05, 0) is 57.0 Å². The van der Waals surface area contributed by atoms with Crippen LogP contribution in [0.5, 0.6) is 0 Å². The molecule has 2 N–H and O–H groups in total. The largest absolute Gasteiger partial charge is 0.349 e.